The molecule has 1 aromatic rings. The molecule has 2 saturated heterocycles. The topological polar surface area (TPSA) is 88.0 Å². The molecule has 8 nitrogen and oxygen atoms in total. The summed E-state index contributed by atoms with van der Waals surface area (Å²) < 4.78 is 5.28. The van der Waals surface area contributed by atoms with Crippen LogP contribution in [0.2, 0.25) is 0 Å². The van der Waals surface area contributed by atoms with E-state index in [9.17, 15) is 14.9 Å². The Morgan fingerprint density at radius 3 is 2.43 bits per heavy atom. The summed E-state index contributed by atoms with van der Waals surface area (Å²) in [6, 6.07) is 5.13. The van der Waals surface area contributed by atoms with Crippen molar-refractivity contribution in [2.24, 2.45) is 5.92 Å². The summed E-state index contributed by atoms with van der Waals surface area (Å²) in [7, 11) is 0. The lowest BCUT2D eigenvalue weighted by molar-refractivity contribution is -0.384. The van der Waals surface area contributed by atoms with Crippen LogP contribution in [-0.2, 0) is 4.74 Å². The first-order chi connectivity index (χ1) is 14.5. The van der Waals surface area contributed by atoms with Gasteiger partial charge in [0.05, 0.1) is 18.1 Å². The monoisotopic (exact) mass is 418 g/mol. The highest BCUT2D eigenvalue weighted by Crippen LogP contribution is 2.28. The third-order valence-electron chi connectivity index (χ3n) is 6.44. The van der Waals surface area contributed by atoms with E-state index in [-0.39, 0.29) is 11.6 Å². The molecule has 0 saturated carbocycles. The van der Waals surface area contributed by atoms with Crippen molar-refractivity contribution in [1.29, 1.82) is 0 Å². The maximum Gasteiger partial charge on any atom is 0.293 e. The van der Waals surface area contributed by atoms with E-state index in [4.69, 9.17) is 4.74 Å². The van der Waals surface area contributed by atoms with Crippen molar-refractivity contribution in [3.05, 3.63) is 33.9 Å². The average molecular weight is 419 g/mol. The minimum atomic E-state index is -0.402. The number of carbonyl (C=O) groups is 1. The first-order valence-corrected chi connectivity index (χ1v) is 11.2. The highest BCUT2D eigenvalue weighted by Gasteiger charge is 2.28. The van der Waals surface area contributed by atoms with Crippen molar-refractivity contribution in [2.45, 2.75) is 45.6 Å². The van der Waals surface area contributed by atoms with Crippen LogP contribution < -0.4 is 5.32 Å². The fourth-order valence-corrected chi connectivity index (χ4v) is 4.63. The number of anilines is 1. The summed E-state index contributed by atoms with van der Waals surface area (Å²) in [5.41, 5.74) is 0.790. The van der Waals surface area contributed by atoms with Crippen LogP contribution in [0.1, 0.15) is 49.9 Å². The zero-order valence-corrected chi connectivity index (χ0v) is 18.1. The maximum absolute atomic E-state index is 12.7. The minimum absolute atomic E-state index is 0.0428. The van der Waals surface area contributed by atoms with Crippen LogP contribution in [0.3, 0.4) is 0 Å². The number of carbonyl (C=O) groups excluding carboxylic acids is 1. The van der Waals surface area contributed by atoms with Crippen molar-refractivity contribution >= 4 is 17.3 Å². The molecule has 2 fully saturated rings. The van der Waals surface area contributed by atoms with Gasteiger partial charge in [-0.05, 0) is 44.0 Å². The number of hydrogen-bond donors (Lipinski definition) is 1. The zero-order chi connectivity index (χ0) is 21.5. The molecular formula is C22H34N4O4. The number of hydrogen-bond acceptors (Lipinski definition) is 6. The molecule has 8 heteroatoms. The average Bonchev–Trinajstić information content (AvgIpc) is 3.31. The number of nitro benzene ring substituents is 1. The van der Waals surface area contributed by atoms with Gasteiger partial charge < -0.3 is 15.0 Å². The van der Waals surface area contributed by atoms with E-state index in [1.165, 1.54) is 18.9 Å². The summed E-state index contributed by atoms with van der Waals surface area (Å²) in [5.74, 6) is 0.372. The Morgan fingerprint density at radius 1 is 1.17 bits per heavy atom. The lowest BCUT2D eigenvalue weighted by atomic mass is 9.92. The third kappa shape index (κ3) is 5.29. The molecule has 2 aliphatic heterocycles. The molecule has 0 radical (unpaired) electrons. The van der Waals surface area contributed by atoms with Gasteiger partial charge in [-0.2, -0.15) is 0 Å². The molecule has 2 aliphatic rings. The second kappa shape index (κ2) is 10.7. The molecule has 1 amide bonds. The molecule has 30 heavy (non-hydrogen) atoms. The maximum atomic E-state index is 12.7. The Morgan fingerprint density at radius 2 is 1.83 bits per heavy atom. The van der Waals surface area contributed by atoms with Crippen LogP contribution in [0.4, 0.5) is 11.4 Å². The molecule has 0 bridgehead atoms. The van der Waals surface area contributed by atoms with E-state index < -0.39 is 4.92 Å². The van der Waals surface area contributed by atoms with Crippen LogP contribution in [0, 0.1) is 16.0 Å². The van der Waals surface area contributed by atoms with Crippen LogP contribution in [0.5, 0.6) is 0 Å². The van der Waals surface area contributed by atoms with Crippen molar-refractivity contribution in [3.63, 3.8) is 0 Å². The van der Waals surface area contributed by atoms with Gasteiger partial charge in [-0.3, -0.25) is 19.8 Å². The van der Waals surface area contributed by atoms with Crippen molar-refractivity contribution in [2.75, 3.05) is 51.3 Å². The molecule has 0 spiro atoms. The van der Waals surface area contributed by atoms with Gasteiger partial charge in [-0.25, -0.2) is 0 Å². The lowest BCUT2D eigenvalue weighted by Crippen LogP contribution is -2.43. The zero-order valence-electron chi connectivity index (χ0n) is 18.1. The van der Waals surface area contributed by atoms with E-state index in [1.54, 1.807) is 17.0 Å². The highest BCUT2D eigenvalue weighted by molar-refractivity contribution is 5.95. The number of nitrogens with one attached hydrogen (secondary N) is 1. The minimum Gasteiger partial charge on any atom is -0.378 e. The number of ether oxygens (including phenoxy) is 1. The van der Waals surface area contributed by atoms with Gasteiger partial charge in [-0.1, -0.05) is 26.7 Å². The molecule has 166 valence electrons. The number of nitrogens with zero attached hydrogens (tertiary/aromatic N) is 3. The first kappa shape index (κ1) is 22.5. The van der Waals surface area contributed by atoms with E-state index in [0.29, 0.717) is 56.1 Å². The van der Waals surface area contributed by atoms with E-state index >= 15 is 0 Å². The van der Waals surface area contributed by atoms with Gasteiger partial charge >= 0.3 is 0 Å². The fraction of sp³-hybridized carbons (Fsp3) is 0.682. The smallest absolute Gasteiger partial charge is 0.293 e. The lowest BCUT2D eigenvalue weighted by Gasteiger charge is -2.34. The summed E-state index contributed by atoms with van der Waals surface area (Å²) in [6.07, 6.45) is 4.62. The molecule has 1 atom stereocenters. The van der Waals surface area contributed by atoms with Gasteiger partial charge in [-0.15, -0.1) is 0 Å². The van der Waals surface area contributed by atoms with Gasteiger partial charge in [0.1, 0.15) is 5.69 Å². The number of morpholine rings is 1. The molecule has 1 N–H and O–H groups in total. The number of rotatable bonds is 9. The normalized spacial score (nSPS) is 18.6. The summed E-state index contributed by atoms with van der Waals surface area (Å²) in [5, 5.41) is 15.1. The Labute approximate surface area is 178 Å². The highest BCUT2D eigenvalue weighted by atomic mass is 16.6. The molecule has 0 aliphatic carbocycles. The third-order valence-corrected chi connectivity index (χ3v) is 6.44. The molecule has 2 heterocycles. The van der Waals surface area contributed by atoms with Crippen LogP contribution in [-0.4, -0.2) is 72.6 Å². The largest absolute Gasteiger partial charge is 0.378 e. The van der Waals surface area contributed by atoms with Crippen molar-refractivity contribution < 1.29 is 14.5 Å². The van der Waals surface area contributed by atoms with Crippen molar-refractivity contribution in [3.8, 4) is 0 Å². The van der Waals surface area contributed by atoms with Crippen molar-refractivity contribution in [1.82, 2.24) is 9.80 Å². The Kier molecular flexibility index (Phi) is 8.04. The van der Waals surface area contributed by atoms with Crippen LogP contribution >= 0.6 is 0 Å². The predicted octanol–water partition coefficient (Wildman–Crippen LogP) is 3.38. The Hall–Kier alpha value is -2.19. The Bertz CT molecular complexity index is 724. The van der Waals surface area contributed by atoms with Gasteiger partial charge in [0, 0.05) is 37.3 Å². The summed E-state index contributed by atoms with van der Waals surface area (Å²) >= 11 is 0. The summed E-state index contributed by atoms with van der Waals surface area (Å²) in [4.78, 5) is 28.2. The molecule has 0 aromatic heterocycles. The SMILES string of the molecule is CCC(CC)[C@H](CNc1ccc(C(=O)N2CCOCC2)cc1[N+](=O)[O-])N1CCCC1. The standard InChI is InChI=1S/C22H34N4O4/c1-3-17(4-2)21(24-9-5-6-10-24)16-23-19-8-7-18(15-20(19)26(28)29)22(27)25-11-13-30-14-12-25/h7-8,15,17,21,23H,3-6,9-14,16H2,1-2H3/t21-/m0/s1. The molecule has 0 unspecified atom stereocenters. The second-order valence-electron chi connectivity index (χ2n) is 8.16. The Balaban J connectivity index is 1.75. The van der Waals surface area contributed by atoms with E-state index in [0.717, 1.165) is 25.9 Å². The van der Waals surface area contributed by atoms with E-state index in [1.807, 2.05) is 0 Å². The molecule has 1 aromatic carbocycles. The number of benzene rings is 1. The van der Waals surface area contributed by atoms with Crippen LogP contribution in [0.15, 0.2) is 18.2 Å². The number of likely N-dealkylation sites (tertiary alicyclic amines) is 1. The fourth-order valence-electron chi connectivity index (χ4n) is 4.63. The molecule has 3 rings (SSSR count). The number of nitro groups is 1. The quantitative estimate of drug-likeness (QED) is 0.489. The van der Waals surface area contributed by atoms with Gasteiger partial charge in [0.25, 0.3) is 11.6 Å². The first-order valence-electron chi connectivity index (χ1n) is 11.2. The number of amides is 1. The second-order valence-corrected chi connectivity index (χ2v) is 8.16. The summed E-state index contributed by atoms with van der Waals surface area (Å²) in [6.45, 7) is 9.32. The molecular weight excluding hydrogens is 384 g/mol. The van der Waals surface area contributed by atoms with Gasteiger partial charge in [0.15, 0.2) is 0 Å². The predicted molar refractivity (Wildman–Crippen MR) is 117 cm³/mol. The van der Waals surface area contributed by atoms with E-state index in [2.05, 4.69) is 24.1 Å². The van der Waals surface area contributed by atoms with Gasteiger partial charge in [0.2, 0.25) is 0 Å². The van der Waals surface area contributed by atoms with Crippen LogP contribution in [0.25, 0.3) is 0 Å².